The molecule has 1 rings (SSSR count). The number of hydrogen-bond donors (Lipinski definition) is 2. The molecular weight excluding hydrogens is 188 g/mol. The van der Waals surface area contributed by atoms with E-state index in [1.54, 1.807) is 0 Å². The average molecular weight is 210 g/mol. The third-order valence-corrected chi connectivity index (χ3v) is 2.18. The molecule has 0 aliphatic heterocycles. The number of nitrogens with one attached hydrogen (secondary N) is 2. The van der Waals surface area contributed by atoms with Gasteiger partial charge >= 0.3 is 0 Å². The molecular formula is C11H22N4. The highest BCUT2D eigenvalue weighted by molar-refractivity contribution is 4.73. The Kier molecular flexibility index (Phi) is 6.04. The first-order chi connectivity index (χ1) is 7.29. The SMILES string of the molecule is CC(C)NCCNCCCn1ccnc1. The van der Waals surface area contributed by atoms with Gasteiger partial charge in [0.15, 0.2) is 0 Å². The molecule has 1 aromatic rings. The molecule has 0 aliphatic carbocycles. The summed E-state index contributed by atoms with van der Waals surface area (Å²) < 4.78 is 2.11. The monoisotopic (exact) mass is 210 g/mol. The van der Waals surface area contributed by atoms with Crippen LogP contribution in [0.4, 0.5) is 0 Å². The lowest BCUT2D eigenvalue weighted by Gasteiger charge is -2.08. The van der Waals surface area contributed by atoms with Gasteiger partial charge in [-0.05, 0) is 13.0 Å². The van der Waals surface area contributed by atoms with Crippen molar-refractivity contribution in [3.05, 3.63) is 18.7 Å². The van der Waals surface area contributed by atoms with Crippen LogP contribution in [-0.2, 0) is 6.54 Å². The Morgan fingerprint density at radius 3 is 2.80 bits per heavy atom. The zero-order valence-corrected chi connectivity index (χ0v) is 9.74. The third-order valence-electron chi connectivity index (χ3n) is 2.18. The molecule has 4 heteroatoms. The Labute approximate surface area is 92.1 Å². The minimum atomic E-state index is 0.581. The number of aromatic nitrogens is 2. The summed E-state index contributed by atoms with van der Waals surface area (Å²) in [5, 5.41) is 6.78. The third kappa shape index (κ3) is 6.25. The summed E-state index contributed by atoms with van der Waals surface area (Å²) >= 11 is 0. The van der Waals surface area contributed by atoms with E-state index >= 15 is 0 Å². The predicted octanol–water partition coefficient (Wildman–Crippen LogP) is 0.861. The maximum absolute atomic E-state index is 4.00. The lowest BCUT2D eigenvalue weighted by Crippen LogP contribution is -2.32. The van der Waals surface area contributed by atoms with E-state index in [1.165, 1.54) is 0 Å². The molecule has 0 fully saturated rings. The molecule has 0 aromatic carbocycles. The Morgan fingerprint density at radius 2 is 2.13 bits per heavy atom. The van der Waals surface area contributed by atoms with Crippen LogP contribution in [0.1, 0.15) is 20.3 Å². The summed E-state index contributed by atoms with van der Waals surface area (Å²) in [7, 11) is 0. The molecule has 86 valence electrons. The van der Waals surface area contributed by atoms with Crippen LogP contribution < -0.4 is 10.6 Å². The molecule has 0 saturated heterocycles. The van der Waals surface area contributed by atoms with Crippen molar-refractivity contribution in [2.24, 2.45) is 0 Å². The second-order valence-corrected chi connectivity index (χ2v) is 4.01. The molecule has 15 heavy (non-hydrogen) atoms. The fourth-order valence-electron chi connectivity index (χ4n) is 1.38. The minimum Gasteiger partial charge on any atom is -0.337 e. The highest BCUT2D eigenvalue weighted by Gasteiger charge is 1.92. The molecule has 0 amide bonds. The molecule has 0 aliphatic rings. The maximum atomic E-state index is 4.00. The van der Waals surface area contributed by atoms with E-state index < -0.39 is 0 Å². The first-order valence-electron chi connectivity index (χ1n) is 5.69. The Hall–Kier alpha value is -0.870. The Morgan fingerprint density at radius 1 is 1.27 bits per heavy atom. The smallest absolute Gasteiger partial charge is 0.0945 e. The van der Waals surface area contributed by atoms with Crippen LogP contribution >= 0.6 is 0 Å². The van der Waals surface area contributed by atoms with Crippen molar-refractivity contribution in [3.63, 3.8) is 0 Å². The summed E-state index contributed by atoms with van der Waals surface area (Å²) in [5.41, 5.74) is 0. The van der Waals surface area contributed by atoms with E-state index in [2.05, 4.69) is 34.0 Å². The predicted molar refractivity (Wildman–Crippen MR) is 62.9 cm³/mol. The average Bonchev–Trinajstić information content (AvgIpc) is 2.68. The van der Waals surface area contributed by atoms with Crippen molar-refractivity contribution >= 4 is 0 Å². The van der Waals surface area contributed by atoms with Crippen molar-refractivity contribution < 1.29 is 0 Å². The maximum Gasteiger partial charge on any atom is 0.0945 e. The van der Waals surface area contributed by atoms with E-state index in [1.807, 2.05) is 18.7 Å². The number of imidazole rings is 1. The quantitative estimate of drug-likeness (QED) is 0.625. The van der Waals surface area contributed by atoms with Crippen LogP contribution in [0.2, 0.25) is 0 Å². The van der Waals surface area contributed by atoms with Gasteiger partial charge in [-0.1, -0.05) is 13.8 Å². The molecule has 0 spiro atoms. The number of nitrogens with zero attached hydrogens (tertiary/aromatic N) is 2. The van der Waals surface area contributed by atoms with E-state index in [4.69, 9.17) is 0 Å². The Bertz CT molecular complexity index is 231. The molecule has 0 atom stereocenters. The summed E-state index contributed by atoms with van der Waals surface area (Å²) in [4.78, 5) is 4.00. The fourth-order valence-corrected chi connectivity index (χ4v) is 1.38. The molecule has 0 saturated carbocycles. The van der Waals surface area contributed by atoms with Crippen LogP contribution in [0.15, 0.2) is 18.7 Å². The highest BCUT2D eigenvalue weighted by atomic mass is 15.0. The van der Waals surface area contributed by atoms with Crippen molar-refractivity contribution in [2.45, 2.75) is 32.9 Å². The van der Waals surface area contributed by atoms with Gasteiger partial charge in [0.05, 0.1) is 6.33 Å². The van der Waals surface area contributed by atoms with E-state index in [9.17, 15) is 0 Å². The van der Waals surface area contributed by atoms with E-state index in [-0.39, 0.29) is 0 Å². The van der Waals surface area contributed by atoms with Crippen LogP contribution in [0.25, 0.3) is 0 Å². The minimum absolute atomic E-state index is 0.581. The molecule has 0 radical (unpaired) electrons. The summed E-state index contributed by atoms with van der Waals surface area (Å²) in [6, 6.07) is 0.581. The number of aryl methyl sites for hydroxylation is 1. The first kappa shape index (κ1) is 12.2. The highest BCUT2D eigenvalue weighted by Crippen LogP contribution is 1.88. The number of rotatable bonds is 8. The van der Waals surface area contributed by atoms with Crippen LogP contribution in [0.5, 0.6) is 0 Å². The van der Waals surface area contributed by atoms with E-state index in [0.29, 0.717) is 6.04 Å². The topological polar surface area (TPSA) is 41.9 Å². The van der Waals surface area contributed by atoms with Gasteiger partial charge in [-0.25, -0.2) is 4.98 Å². The van der Waals surface area contributed by atoms with Crippen molar-refractivity contribution in [3.8, 4) is 0 Å². The molecule has 2 N–H and O–H groups in total. The van der Waals surface area contributed by atoms with Crippen LogP contribution in [-0.4, -0.2) is 35.2 Å². The zero-order valence-electron chi connectivity index (χ0n) is 9.74. The standard InChI is InChI=1S/C11H22N4/c1-11(2)14-6-5-12-4-3-8-15-9-7-13-10-15/h7,9-12,14H,3-6,8H2,1-2H3. The van der Waals surface area contributed by atoms with Gasteiger partial charge in [0.2, 0.25) is 0 Å². The Balaban J connectivity index is 1.85. The summed E-state index contributed by atoms with van der Waals surface area (Å²) in [5.74, 6) is 0. The molecule has 1 aromatic heterocycles. The normalized spacial score (nSPS) is 11.1. The van der Waals surface area contributed by atoms with Gasteiger partial charge < -0.3 is 15.2 Å². The van der Waals surface area contributed by atoms with Crippen molar-refractivity contribution in [2.75, 3.05) is 19.6 Å². The second kappa shape index (κ2) is 7.43. The van der Waals surface area contributed by atoms with Gasteiger partial charge in [-0.3, -0.25) is 0 Å². The number of hydrogen-bond acceptors (Lipinski definition) is 3. The lowest BCUT2D eigenvalue weighted by atomic mass is 10.4. The second-order valence-electron chi connectivity index (χ2n) is 4.01. The molecule has 0 unspecified atom stereocenters. The van der Waals surface area contributed by atoms with Gasteiger partial charge in [-0.15, -0.1) is 0 Å². The first-order valence-corrected chi connectivity index (χ1v) is 5.69. The molecule has 4 nitrogen and oxygen atoms in total. The molecule has 1 heterocycles. The fraction of sp³-hybridized carbons (Fsp3) is 0.727. The van der Waals surface area contributed by atoms with E-state index in [0.717, 1.165) is 32.6 Å². The van der Waals surface area contributed by atoms with Crippen LogP contribution in [0, 0.1) is 0 Å². The summed E-state index contributed by atoms with van der Waals surface area (Å²) in [6.07, 6.45) is 6.83. The van der Waals surface area contributed by atoms with Gasteiger partial charge in [0.1, 0.15) is 0 Å². The van der Waals surface area contributed by atoms with Gasteiger partial charge in [0.25, 0.3) is 0 Å². The zero-order chi connectivity index (χ0) is 10.9. The van der Waals surface area contributed by atoms with Gasteiger partial charge in [0, 0.05) is 38.1 Å². The van der Waals surface area contributed by atoms with Crippen molar-refractivity contribution in [1.82, 2.24) is 20.2 Å². The van der Waals surface area contributed by atoms with Gasteiger partial charge in [-0.2, -0.15) is 0 Å². The van der Waals surface area contributed by atoms with Crippen molar-refractivity contribution in [1.29, 1.82) is 0 Å². The summed E-state index contributed by atoms with van der Waals surface area (Å²) in [6.45, 7) is 8.53. The largest absolute Gasteiger partial charge is 0.337 e. The lowest BCUT2D eigenvalue weighted by molar-refractivity contribution is 0.534. The van der Waals surface area contributed by atoms with Crippen LogP contribution in [0.3, 0.4) is 0 Å². The molecule has 0 bridgehead atoms.